The van der Waals surface area contributed by atoms with E-state index in [-0.39, 0.29) is 24.8 Å². The minimum Gasteiger partial charge on any atom is -0.489 e. The highest BCUT2D eigenvalue weighted by molar-refractivity contribution is 6.30. The smallest absolute Gasteiger partial charge is 0.174 e. The molecule has 0 amide bonds. The molecular weight excluding hydrogens is 557 g/mol. The number of aromatic nitrogens is 2. The molecule has 1 fully saturated rings. The van der Waals surface area contributed by atoms with Gasteiger partial charge in [0, 0.05) is 36.6 Å². The number of rotatable bonds is 8. The van der Waals surface area contributed by atoms with Crippen LogP contribution < -0.4 is 4.74 Å². The Balaban J connectivity index is 0.00000176. The average molecular weight is 587 g/mol. The van der Waals surface area contributed by atoms with Gasteiger partial charge < -0.3 is 18.9 Å². The number of hydrogen-bond acceptors (Lipinski definition) is 5. The molecule has 0 unspecified atom stereocenters. The zero-order valence-corrected chi connectivity index (χ0v) is 23.7. The third-order valence-corrected chi connectivity index (χ3v) is 6.81. The van der Waals surface area contributed by atoms with Crippen LogP contribution in [-0.4, -0.2) is 41.2 Å². The molecule has 6 rings (SSSR count). The fourth-order valence-corrected chi connectivity index (χ4v) is 4.83. The lowest BCUT2D eigenvalue weighted by molar-refractivity contribution is 0.0342. The average Bonchev–Trinajstić information content (AvgIpc) is 3.56. The number of aromatic amines is 1. The molecule has 9 heteroatoms. The number of nitrogens with one attached hydrogen (secondary N) is 1. The van der Waals surface area contributed by atoms with E-state index in [4.69, 9.17) is 30.5 Å². The van der Waals surface area contributed by atoms with Crippen LogP contribution in [0.1, 0.15) is 22.5 Å². The maximum absolute atomic E-state index is 6.31. The van der Waals surface area contributed by atoms with Crippen molar-refractivity contribution in [1.82, 2.24) is 14.9 Å². The zero-order chi connectivity index (χ0) is 25.0. The lowest BCUT2D eigenvalue weighted by Gasteiger charge is -2.26. The highest BCUT2D eigenvalue weighted by Crippen LogP contribution is 2.29. The molecule has 0 bridgehead atoms. The third kappa shape index (κ3) is 7.15. The Kier molecular flexibility index (Phi) is 9.94. The minimum absolute atomic E-state index is 0. The predicted octanol–water partition coefficient (Wildman–Crippen LogP) is 7.32. The topological polar surface area (TPSA) is 63.5 Å². The van der Waals surface area contributed by atoms with Crippen molar-refractivity contribution in [3.63, 3.8) is 0 Å². The number of morpholine rings is 1. The summed E-state index contributed by atoms with van der Waals surface area (Å²) < 4.78 is 17.8. The number of imidazole rings is 1. The molecule has 2 aromatic heterocycles. The summed E-state index contributed by atoms with van der Waals surface area (Å²) in [5.41, 5.74) is 5.27. The number of ether oxygens (including phenoxy) is 2. The number of nitrogens with zero attached hydrogens (tertiary/aromatic N) is 2. The highest BCUT2D eigenvalue weighted by Gasteiger charge is 2.15. The van der Waals surface area contributed by atoms with Crippen molar-refractivity contribution >= 4 is 47.4 Å². The molecule has 1 saturated heterocycles. The number of benzene rings is 3. The molecule has 39 heavy (non-hydrogen) atoms. The van der Waals surface area contributed by atoms with Crippen LogP contribution in [0.4, 0.5) is 0 Å². The Morgan fingerprint density at radius 1 is 0.897 bits per heavy atom. The quantitative estimate of drug-likeness (QED) is 0.206. The fourth-order valence-electron chi connectivity index (χ4n) is 4.64. The summed E-state index contributed by atoms with van der Waals surface area (Å²) in [5, 5.41) is 0.666. The highest BCUT2D eigenvalue weighted by atomic mass is 35.5. The maximum Gasteiger partial charge on any atom is 0.174 e. The molecule has 1 aliphatic rings. The minimum atomic E-state index is 0. The van der Waals surface area contributed by atoms with E-state index in [2.05, 4.69) is 28.1 Å². The van der Waals surface area contributed by atoms with Gasteiger partial charge in [0.1, 0.15) is 18.1 Å². The third-order valence-electron chi connectivity index (χ3n) is 6.58. The van der Waals surface area contributed by atoms with E-state index in [0.717, 1.165) is 72.3 Å². The fraction of sp³-hybridized carbons (Fsp3) is 0.233. The zero-order valence-electron chi connectivity index (χ0n) is 21.3. The molecule has 0 spiro atoms. The normalized spacial score (nSPS) is 13.6. The van der Waals surface area contributed by atoms with Crippen LogP contribution in [0, 0.1) is 0 Å². The van der Waals surface area contributed by atoms with Crippen molar-refractivity contribution in [3.05, 3.63) is 106 Å². The summed E-state index contributed by atoms with van der Waals surface area (Å²) in [5.74, 6) is 3.03. The van der Waals surface area contributed by atoms with Gasteiger partial charge in [-0.15, -0.1) is 24.8 Å². The molecule has 1 N–H and O–H groups in total. The van der Waals surface area contributed by atoms with E-state index < -0.39 is 0 Å². The first-order valence-corrected chi connectivity index (χ1v) is 12.9. The van der Waals surface area contributed by atoms with Crippen LogP contribution in [0.3, 0.4) is 0 Å². The van der Waals surface area contributed by atoms with Gasteiger partial charge >= 0.3 is 0 Å². The van der Waals surface area contributed by atoms with E-state index in [1.807, 2.05) is 60.7 Å². The molecule has 3 heterocycles. The van der Waals surface area contributed by atoms with Gasteiger partial charge in [0.05, 0.1) is 24.2 Å². The Bertz CT molecular complexity index is 1500. The van der Waals surface area contributed by atoms with Gasteiger partial charge in [-0.1, -0.05) is 48.0 Å². The molecule has 0 saturated carbocycles. The molecule has 204 valence electrons. The summed E-state index contributed by atoms with van der Waals surface area (Å²) in [6.45, 7) is 4.93. The van der Waals surface area contributed by atoms with Crippen molar-refractivity contribution in [2.75, 3.05) is 26.3 Å². The van der Waals surface area contributed by atoms with Crippen LogP contribution in [0.15, 0.2) is 83.3 Å². The van der Waals surface area contributed by atoms with E-state index in [9.17, 15) is 0 Å². The largest absolute Gasteiger partial charge is 0.489 e. The first-order chi connectivity index (χ1) is 18.2. The standard InChI is InChI=1S/C30H28ClN3O3.2ClH/c31-24-7-10-28(36-20-21-4-2-1-3-5-21)23(17-24)18-25-8-11-29(37-25)30-32-26-9-6-22(16-27(26)33-30)19-34-12-14-35-15-13-34;;/h1-11,16-17H,12-15,18-20H2,(H,32,33);2*1H. The van der Waals surface area contributed by atoms with Gasteiger partial charge in [-0.05, 0) is 53.6 Å². The van der Waals surface area contributed by atoms with Crippen LogP contribution in [0.5, 0.6) is 5.75 Å². The molecule has 6 nitrogen and oxygen atoms in total. The summed E-state index contributed by atoms with van der Waals surface area (Å²) in [6, 6.07) is 26.1. The van der Waals surface area contributed by atoms with Crippen LogP contribution in [0.2, 0.25) is 5.02 Å². The van der Waals surface area contributed by atoms with E-state index in [1.165, 1.54) is 5.56 Å². The summed E-state index contributed by atoms with van der Waals surface area (Å²) in [6.07, 6.45) is 0.564. The second-order valence-corrected chi connectivity index (χ2v) is 9.73. The SMILES string of the molecule is Cl.Cl.Clc1ccc(OCc2ccccc2)c(Cc2ccc(-c3nc4ccc(CN5CCOCC5)cc4[nH]3)o2)c1. The van der Waals surface area contributed by atoms with Gasteiger partial charge in [0.15, 0.2) is 11.6 Å². The van der Waals surface area contributed by atoms with Crippen LogP contribution in [-0.2, 0) is 24.3 Å². The molecule has 5 aromatic rings. The molecule has 0 aliphatic carbocycles. The first-order valence-electron chi connectivity index (χ1n) is 12.5. The summed E-state index contributed by atoms with van der Waals surface area (Å²) in [4.78, 5) is 10.6. The van der Waals surface area contributed by atoms with Crippen molar-refractivity contribution in [3.8, 4) is 17.3 Å². The Hall–Kier alpha value is -3.00. The number of hydrogen-bond donors (Lipinski definition) is 1. The second-order valence-electron chi connectivity index (χ2n) is 9.29. The van der Waals surface area contributed by atoms with Gasteiger partial charge in [0.2, 0.25) is 0 Å². The van der Waals surface area contributed by atoms with Crippen LogP contribution in [0.25, 0.3) is 22.6 Å². The molecule has 0 atom stereocenters. The summed E-state index contributed by atoms with van der Waals surface area (Å²) >= 11 is 6.31. The Morgan fingerprint density at radius 3 is 2.54 bits per heavy atom. The van der Waals surface area contributed by atoms with Gasteiger partial charge in [-0.2, -0.15) is 0 Å². The van der Waals surface area contributed by atoms with Gasteiger partial charge in [0.25, 0.3) is 0 Å². The first kappa shape index (κ1) is 29.0. The lowest BCUT2D eigenvalue weighted by Crippen LogP contribution is -2.35. The van der Waals surface area contributed by atoms with Crippen LogP contribution >= 0.6 is 36.4 Å². The van der Waals surface area contributed by atoms with E-state index in [1.54, 1.807) is 0 Å². The Labute approximate surface area is 245 Å². The molecular formula is C30H30Cl3N3O3. The van der Waals surface area contributed by atoms with E-state index >= 15 is 0 Å². The number of halogens is 3. The van der Waals surface area contributed by atoms with Crippen molar-refractivity contribution in [2.24, 2.45) is 0 Å². The molecule has 0 radical (unpaired) electrons. The Morgan fingerprint density at radius 2 is 1.72 bits per heavy atom. The number of H-pyrrole nitrogens is 1. The van der Waals surface area contributed by atoms with Gasteiger partial charge in [-0.3, -0.25) is 4.90 Å². The van der Waals surface area contributed by atoms with Gasteiger partial charge in [-0.25, -0.2) is 4.98 Å². The molecule has 1 aliphatic heterocycles. The van der Waals surface area contributed by atoms with Crippen molar-refractivity contribution < 1.29 is 13.9 Å². The summed E-state index contributed by atoms with van der Waals surface area (Å²) in [7, 11) is 0. The monoisotopic (exact) mass is 585 g/mol. The maximum atomic E-state index is 6.31. The lowest BCUT2D eigenvalue weighted by atomic mass is 10.1. The predicted molar refractivity (Wildman–Crippen MR) is 159 cm³/mol. The molecule has 3 aromatic carbocycles. The van der Waals surface area contributed by atoms with Crippen molar-refractivity contribution in [2.45, 2.75) is 19.6 Å². The number of fused-ring (bicyclic) bond motifs is 1. The number of furan rings is 1. The van der Waals surface area contributed by atoms with Crippen molar-refractivity contribution in [1.29, 1.82) is 0 Å². The second kappa shape index (κ2) is 13.4. The van der Waals surface area contributed by atoms with E-state index in [0.29, 0.717) is 23.8 Å².